The quantitative estimate of drug-likeness (QED) is 0.438. The number of azo groups is 1. The van der Waals surface area contributed by atoms with Gasteiger partial charge in [0.2, 0.25) is 5.95 Å². The largest absolute Gasteiger partial charge is 0.353 e. The smallest absolute Gasteiger partial charge is 0.249 e. The maximum absolute atomic E-state index is 4.48. The van der Waals surface area contributed by atoms with Crippen molar-refractivity contribution < 1.29 is 0 Å². The van der Waals surface area contributed by atoms with E-state index in [9.17, 15) is 0 Å². The van der Waals surface area contributed by atoms with Crippen molar-refractivity contribution in [3.63, 3.8) is 0 Å². The molecule has 0 fully saturated rings. The summed E-state index contributed by atoms with van der Waals surface area (Å²) in [6.45, 7) is 2.86. The molecule has 5 heteroatoms. The molecule has 0 unspecified atom stereocenters. The van der Waals surface area contributed by atoms with E-state index in [4.69, 9.17) is 0 Å². The number of imidazole rings is 1. The molecule has 4 rings (SSSR count). The maximum Gasteiger partial charge on any atom is 0.249 e. The minimum atomic E-state index is 0.603. The SMILES string of the molecule is CCn1ccnc1N=Nc1ccc2ccccc2c1Nc1ccccc1. The van der Waals surface area contributed by atoms with Crippen LogP contribution in [0.1, 0.15) is 6.92 Å². The molecule has 0 aliphatic carbocycles. The third-order valence-electron chi connectivity index (χ3n) is 4.23. The molecular weight excluding hydrogens is 322 g/mol. The fourth-order valence-electron chi connectivity index (χ4n) is 2.89. The van der Waals surface area contributed by atoms with E-state index < -0.39 is 0 Å². The van der Waals surface area contributed by atoms with Gasteiger partial charge in [0, 0.05) is 30.0 Å². The van der Waals surface area contributed by atoms with Crippen molar-refractivity contribution in [2.75, 3.05) is 5.32 Å². The highest BCUT2D eigenvalue weighted by molar-refractivity contribution is 6.00. The van der Waals surface area contributed by atoms with Crippen LogP contribution in [0.2, 0.25) is 0 Å². The van der Waals surface area contributed by atoms with Crippen LogP contribution in [-0.2, 0) is 6.54 Å². The first kappa shape index (κ1) is 16.0. The third-order valence-corrected chi connectivity index (χ3v) is 4.23. The Balaban J connectivity index is 1.79. The van der Waals surface area contributed by atoms with Gasteiger partial charge in [-0.3, -0.25) is 0 Å². The Morgan fingerprint density at radius 3 is 2.58 bits per heavy atom. The third kappa shape index (κ3) is 3.19. The average molecular weight is 341 g/mol. The second kappa shape index (κ2) is 7.19. The Kier molecular flexibility index (Phi) is 4.43. The van der Waals surface area contributed by atoms with Gasteiger partial charge < -0.3 is 9.88 Å². The van der Waals surface area contributed by atoms with E-state index in [1.165, 1.54) is 0 Å². The van der Waals surface area contributed by atoms with Crippen LogP contribution in [0, 0.1) is 0 Å². The summed E-state index contributed by atoms with van der Waals surface area (Å²) in [4.78, 5) is 4.26. The molecule has 3 aromatic carbocycles. The second-order valence-corrected chi connectivity index (χ2v) is 5.89. The van der Waals surface area contributed by atoms with E-state index in [0.29, 0.717) is 5.95 Å². The van der Waals surface area contributed by atoms with Crippen LogP contribution < -0.4 is 5.32 Å². The lowest BCUT2D eigenvalue weighted by molar-refractivity contribution is 0.758. The summed E-state index contributed by atoms with van der Waals surface area (Å²) in [5, 5.41) is 14.6. The number of aryl methyl sites for hydroxylation is 1. The molecule has 1 aromatic heterocycles. The summed E-state index contributed by atoms with van der Waals surface area (Å²) in [5.74, 6) is 0.603. The zero-order valence-electron chi connectivity index (χ0n) is 14.5. The van der Waals surface area contributed by atoms with Crippen LogP contribution in [0.4, 0.5) is 23.0 Å². The molecule has 0 amide bonds. The summed E-state index contributed by atoms with van der Waals surface area (Å²) < 4.78 is 1.95. The van der Waals surface area contributed by atoms with Crippen molar-refractivity contribution in [1.82, 2.24) is 9.55 Å². The number of benzene rings is 3. The maximum atomic E-state index is 4.48. The minimum Gasteiger partial charge on any atom is -0.353 e. The van der Waals surface area contributed by atoms with E-state index in [2.05, 4.69) is 45.7 Å². The van der Waals surface area contributed by atoms with E-state index in [1.54, 1.807) is 6.20 Å². The summed E-state index contributed by atoms with van der Waals surface area (Å²) in [6.07, 6.45) is 3.64. The molecule has 0 spiro atoms. The number of fused-ring (bicyclic) bond motifs is 1. The monoisotopic (exact) mass is 341 g/mol. The van der Waals surface area contributed by atoms with E-state index in [-0.39, 0.29) is 0 Å². The zero-order chi connectivity index (χ0) is 17.8. The first-order valence-corrected chi connectivity index (χ1v) is 8.62. The number of aromatic nitrogens is 2. The van der Waals surface area contributed by atoms with Crippen molar-refractivity contribution in [2.45, 2.75) is 13.5 Å². The van der Waals surface area contributed by atoms with Crippen LogP contribution in [0.3, 0.4) is 0 Å². The number of rotatable bonds is 5. The van der Waals surface area contributed by atoms with Gasteiger partial charge in [0.15, 0.2) is 0 Å². The standard InChI is InChI=1S/C21H19N5/c1-2-26-15-14-22-21(26)25-24-19-13-12-16-8-6-7-11-18(16)20(19)23-17-9-4-3-5-10-17/h3-15,23H,2H2,1H3. The van der Waals surface area contributed by atoms with Crippen LogP contribution in [0.5, 0.6) is 0 Å². The summed E-state index contributed by atoms with van der Waals surface area (Å²) in [6, 6.07) is 22.4. The summed E-state index contributed by atoms with van der Waals surface area (Å²) >= 11 is 0. The molecule has 0 bridgehead atoms. The van der Waals surface area contributed by atoms with Crippen LogP contribution >= 0.6 is 0 Å². The number of hydrogen-bond donors (Lipinski definition) is 1. The Morgan fingerprint density at radius 1 is 0.923 bits per heavy atom. The highest BCUT2D eigenvalue weighted by atomic mass is 15.3. The first-order valence-electron chi connectivity index (χ1n) is 8.62. The lowest BCUT2D eigenvalue weighted by Gasteiger charge is -2.12. The van der Waals surface area contributed by atoms with Gasteiger partial charge in [-0.1, -0.05) is 48.5 Å². The highest BCUT2D eigenvalue weighted by Gasteiger charge is 2.08. The lowest BCUT2D eigenvalue weighted by Crippen LogP contribution is -1.92. The van der Waals surface area contributed by atoms with Crippen molar-refractivity contribution in [3.05, 3.63) is 79.1 Å². The highest BCUT2D eigenvalue weighted by Crippen LogP contribution is 2.36. The normalized spacial score (nSPS) is 11.3. The molecule has 0 radical (unpaired) electrons. The van der Waals surface area contributed by atoms with E-state index in [0.717, 1.165) is 34.4 Å². The first-order chi connectivity index (χ1) is 12.8. The van der Waals surface area contributed by atoms with Gasteiger partial charge in [0.05, 0.1) is 5.69 Å². The van der Waals surface area contributed by atoms with Gasteiger partial charge in [0.1, 0.15) is 5.69 Å². The van der Waals surface area contributed by atoms with Gasteiger partial charge in [-0.25, -0.2) is 4.98 Å². The van der Waals surface area contributed by atoms with Crippen LogP contribution in [0.15, 0.2) is 89.4 Å². The predicted molar refractivity (Wildman–Crippen MR) is 106 cm³/mol. The minimum absolute atomic E-state index is 0.603. The number of nitrogens with zero attached hydrogens (tertiary/aromatic N) is 4. The van der Waals surface area contributed by atoms with Crippen LogP contribution in [-0.4, -0.2) is 9.55 Å². The van der Waals surface area contributed by atoms with Crippen molar-refractivity contribution in [2.24, 2.45) is 10.2 Å². The van der Waals surface area contributed by atoms with Crippen molar-refractivity contribution in [3.8, 4) is 0 Å². The second-order valence-electron chi connectivity index (χ2n) is 5.89. The number of para-hydroxylation sites is 1. The van der Waals surface area contributed by atoms with Crippen LogP contribution in [0.25, 0.3) is 10.8 Å². The van der Waals surface area contributed by atoms with Gasteiger partial charge in [-0.15, -0.1) is 10.2 Å². The Labute approximate surface area is 152 Å². The molecular formula is C21H19N5. The van der Waals surface area contributed by atoms with E-state index in [1.807, 2.05) is 59.3 Å². The fraction of sp³-hybridized carbons (Fsp3) is 0.0952. The summed E-state index contributed by atoms with van der Waals surface area (Å²) in [7, 11) is 0. The zero-order valence-corrected chi connectivity index (χ0v) is 14.5. The Hall–Kier alpha value is -3.47. The fourth-order valence-corrected chi connectivity index (χ4v) is 2.89. The Bertz CT molecular complexity index is 1050. The van der Waals surface area contributed by atoms with Gasteiger partial charge >= 0.3 is 0 Å². The lowest BCUT2D eigenvalue weighted by atomic mass is 10.1. The molecule has 1 heterocycles. The predicted octanol–water partition coefficient (Wildman–Crippen LogP) is 6.22. The van der Waals surface area contributed by atoms with Gasteiger partial charge in [-0.2, -0.15) is 0 Å². The molecule has 0 aliphatic rings. The topological polar surface area (TPSA) is 54.6 Å². The molecule has 26 heavy (non-hydrogen) atoms. The molecule has 0 saturated heterocycles. The number of nitrogens with one attached hydrogen (secondary N) is 1. The molecule has 0 aliphatic heterocycles. The summed E-state index contributed by atoms with van der Waals surface area (Å²) in [5.41, 5.74) is 2.72. The molecule has 128 valence electrons. The Morgan fingerprint density at radius 2 is 1.73 bits per heavy atom. The molecule has 0 atom stereocenters. The van der Waals surface area contributed by atoms with E-state index >= 15 is 0 Å². The number of anilines is 2. The number of hydrogen-bond acceptors (Lipinski definition) is 4. The van der Waals surface area contributed by atoms with Crippen molar-refractivity contribution >= 4 is 33.8 Å². The van der Waals surface area contributed by atoms with Gasteiger partial charge in [-0.05, 0) is 30.5 Å². The molecule has 1 N–H and O–H groups in total. The molecule has 4 aromatic rings. The van der Waals surface area contributed by atoms with Crippen molar-refractivity contribution in [1.29, 1.82) is 0 Å². The molecule has 5 nitrogen and oxygen atoms in total. The average Bonchev–Trinajstić information content (AvgIpc) is 3.16. The molecule has 0 saturated carbocycles. The van der Waals surface area contributed by atoms with Gasteiger partial charge in [0.25, 0.3) is 0 Å².